The Morgan fingerprint density at radius 1 is 1.50 bits per heavy atom. The van der Waals surface area contributed by atoms with E-state index < -0.39 is 0 Å². The number of hydrogen-bond acceptors (Lipinski definition) is 6. The summed E-state index contributed by atoms with van der Waals surface area (Å²) < 4.78 is 7.00. The van der Waals surface area contributed by atoms with Crippen molar-refractivity contribution in [1.82, 2.24) is 14.6 Å². The third-order valence-corrected chi connectivity index (χ3v) is 4.26. The summed E-state index contributed by atoms with van der Waals surface area (Å²) in [6.07, 6.45) is 0. The first-order chi connectivity index (χ1) is 10.7. The molecule has 4 rings (SSSR count). The molecule has 1 aromatic carbocycles. The van der Waals surface area contributed by atoms with Crippen molar-refractivity contribution in [3.63, 3.8) is 0 Å². The van der Waals surface area contributed by atoms with E-state index in [0.717, 1.165) is 15.5 Å². The molecule has 7 nitrogen and oxygen atoms in total. The second kappa shape index (κ2) is 4.79. The molecule has 22 heavy (non-hydrogen) atoms. The number of aromatic nitrogens is 3. The van der Waals surface area contributed by atoms with Gasteiger partial charge >= 0.3 is 0 Å². The quantitative estimate of drug-likeness (QED) is 0.749. The molecule has 0 fully saturated rings. The number of ether oxygens (including phenoxy) is 1. The first-order valence-corrected chi connectivity index (χ1v) is 7.50. The minimum Gasteiger partial charge on any atom is -0.482 e. The Hall–Kier alpha value is -2.45. The summed E-state index contributed by atoms with van der Waals surface area (Å²) in [6, 6.07) is 5.44. The van der Waals surface area contributed by atoms with Gasteiger partial charge in [-0.05, 0) is 25.1 Å². The van der Waals surface area contributed by atoms with E-state index in [2.05, 4.69) is 15.4 Å². The van der Waals surface area contributed by atoms with Crippen LogP contribution in [0, 0.1) is 6.92 Å². The fourth-order valence-corrected chi connectivity index (χ4v) is 3.25. The standard InChI is InChI=1S/C14H12N4O3S/c1-7-17-18-10(5-19)13(16-14(18)22-7)8-2-3-11-9(4-8)15-12(20)6-21-11/h2-4,19H,5-6H2,1H3,(H,15,20). The second-order valence-electron chi connectivity index (χ2n) is 4.93. The molecule has 1 aliphatic rings. The molecule has 112 valence electrons. The van der Waals surface area contributed by atoms with Crippen LogP contribution in [0.2, 0.25) is 0 Å². The lowest BCUT2D eigenvalue weighted by Crippen LogP contribution is -2.25. The lowest BCUT2D eigenvalue weighted by Gasteiger charge is -2.18. The van der Waals surface area contributed by atoms with Crippen LogP contribution in [0.4, 0.5) is 5.69 Å². The molecule has 2 N–H and O–H groups in total. The Balaban J connectivity index is 1.86. The minimum absolute atomic E-state index is 0.0254. The molecule has 0 unspecified atom stereocenters. The van der Waals surface area contributed by atoms with Crippen molar-refractivity contribution in [2.75, 3.05) is 11.9 Å². The van der Waals surface area contributed by atoms with Crippen LogP contribution >= 0.6 is 11.3 Å². The fraction of sp³-hybridized carbons (Fsp3) is 0.214. The van der Waals surface area contributed by atoms with Gasteiger partial charge in [0.25, 0.3) is 5.91 Å². The van der Waals surface area contributed by atoms with Crippen molar-refractivity contribution in [1.29, 1.82) is 0 Å². The largest absolute Gasteiger partial charge is 0.482 e. The molecule has 0 aliphatic carbocycles. The molecule has 0 saturated heterocycles. The zero-order chi connectivity index (χ0) is 15.3. The van der Waals surface area contributed by atoms with Crippen LogP contribution in [0.5, 0.6) is 5.75 Å². The third kappa shape index (κ3) is 1.96. The maximum absolute atomic E-state index is 11.4. The molecule has 0 atom stereocenters. The van der Waals surface area contributed by atoms with E-state index in [4.69, 9.17) is 4.74 Å². The molecule has 0 spiro atoms. The smallest absolute Gasteiger partial charge is 0.262 e. The highest BCUT2D eigenvalue weighted by atomic mass is 32.1. The van der Waals surface area contributed by atoms with Gasteiger partial charge in [-0.1, -0.05) is 11.3 Å². The Morgan fingerprint density at radius 2 is 2.36 bits per heavy atom. The number of nitrogens with one attached hydrogen (secondary N) is 1. The number of benzene rings is 1. The van der Waals surface area contributed by atoms with Crippen molar-refractivity contribution < 1.29 is 14.6 Å². The van der Waals surface area contributed by atoms with Crippen LogP contribution in [-0.2, 0) is 11.4 Å². The van der Waals surface area contributed by atoms with Gasteiger partial charge in [-0.2, -0.15) is 5.10 Å². The highest BCUT2D eigenvalue weighted by Gasteiger charge is 2.20. The number of rotatable bonds is 2. The third-order valence-electron chi connectivity index (χ3n) is 3.43. The molecule has 1 amide bonds. The van der Waals surface area contributed by atoms with Gasteiger partial charge < -0.3 is 15.2 Å². The van der Waals surface area contributed by atoms with E-state index in [0.29, 0.717) is 22.8 Å². The van der Waals surface area contributed by atoms with Gasteiger partial charge in [0.1, 0.15) is 10.8 Å². The van der Waals surface area contributed by atoms with Gasteiger partial charge in [-0.3, -0.25) is 4.79 Å². The van der Waals surface area contributed by atoms with E-state index in [9.17, 15) is 9.90 Å². The average Bonchev–Trinajstić information content (AvgIpc) is 3.01. The molecular formula is C14H12N4O3S. The molecule has 3 aromatic rings. The van der Waals surface area contributed by atoms with Gasteiger partial charge in [0.05, 0.1) is 23.7 Å². The maximum atomic E-state index is 11.4. The topological polar surface area (TPSA) is 88.8 Å². The van der Waals surface area contributed by atoms with Gasteiger partial charge in [0.15, 0.2) is 6.61 Å². The Labute approximate surface area is 129 Å². The SMILES string of the molecule is Cc1nn2c(CO)c(-c3ccc4c(c3)NC(=O)CO4)nc2s1. The van der Waals surface area contributed by atoms with E-state index in [1.54, 1.807) is 16.6 Å². The maximum Gasteiger partial charge on any atom is 0.262 e. The van der Waals surface area contributed by atoms with Crippen molar-refractivity contribution in [2.45, 2.75) is 13.5 Å². The number of aliphatic hydroxyl groups excluding tert-OH is 1. The van der Waals surface area contributed by atoms with Crippen LogP contribution in [-0.4, -0.2) is 32.2 Å². The zero-order valence-corrected chi connectivity index (χ0v) is 12.5. The highest BCUT2D eigenvalue weighted by molar-refractivity contribution is 7.16. The zero-order valence-electron chi connectivity index (χ0n) is 11.7. The number of aliphatic hydroxyl groups is 1. The fourth-order valence-electron chi connectivity index (χ4n) is 2.49. The summed E-state index contributed by atoms with van der Waals surface area (Å²) in [4.78, 5) is 16.7. The van der Waals surface area contributed by atoms with Gasteiger partial charge in [0.2, 0.25) is 4.96 Å². The van der Waals surface area contributed by atoms with E-state index >= 15 is 0 Å². The summed E-state index contributed by atoms with van der Waals surface area (Å²) in [7, 11) is 0. The van der Waals surface area contributed by atoms with Crippen LogP contribution in [0.1, 0.15) is 10.7 Å². The lowest BCUT2D eigenvalue weighted by molar-refractivity contribution is -0.118. The summed E-state index contributed by atoms with van der Waals surface area (Å²) in [5.74, 6) is 0.444. The number of carbonyl (C=O) groups excluding carboxylic acids is 1. The summed E-state index contributed by atoms with van der Waals surface area (Å²) in [5.41, 5.74) is 2.69. The number of aryl methyl sites for hydroxylation is 1. The summed E-state index contributed by atoms with van der Waals surface area (Å²) in [6.45, 7) is 1.75. The van der Waals surface area contributed by atoms with Crippen LogP contribution in [0.25, 0.3) is 16.2 Å². The van der Waals surface area contributed by atoms with E-state index in [-0.39, 0.29) is 19.1 Å². The molecule has 0 saturated carbocycles. The number of anilines is 1. The number of nitrogens with zero attached hydrogens (tertiary/aromatic N) is 3. The lowest BCUT2D eigenvalue weighted by atomic mass is 10.1. The molecule has 0 bridgehead atoms. The van der Waals surface area contributed by atoms with Gasteiger partial charge in [-0.25, -0.2) is 9.50 Å². The molecule has 2 aromatic heterocycles. The van der Waals surface area contributed by atoms with Crippen molar-refractivity contribution in [3.05, 3.63) is 28.9 Å². The Kier molecular flexibility index (Phi) is 2.88. The average molecular weight is 316 g/mol. The van der Waals surface area contributed by atoms with E-state index in [1.165, 1.54) is 11.3 Å². The number of fused-ring (bicyclic) bond motifs is 2. The molecule has 3 heterocycles. The normalized spacial score (nSPS) is 13.8. The van der Waals surface area contributed by atoms with E-state index in [1.807, 2.05) is 13.0 Å². The summed E-state index contributed by atoms with van der Waals surface area (Å²) in [5, 5.41) is 17.7. The minimum atomic E-state index is -0.185. The van der Waals surface area contributed by atoms with Crippen molar-refractivity contribution in [3.8, 4) is 17.0 Å². The first-order valence-electron chi connectivity index (χ1n) is 6.68. The van der Waals surface area contributed by atoms with Gasteiger partial charge in [-0.15, -0.1) is 0 Å². The van der Waals surface area contributed by atoms with Crippen molar-refractivity contribution >= 4 is 27.9 Å². The highest BCUT2D eigenvalue weighted by Crippen LogP contribution is 2.34. The Bertz CT molecular complexity index is 899. The number of hydrogen-bond donors (Lipinski definition) is 2. The van der Waals surface area contributed by atoms with Gasteiger partial charge in [0, 0.05) is 5.56 Å². The molecule has 8 heteroatoms. The molecular weight excluding hydrogens is 304 g/mol. The Morgan fingerprint density at radius 3 is 3.18 bits per heavy atom. The number of imidazole rings is 1. The number of carbonyl (C=O) groups is 1. The predicted molar refractivity (Wildman–Crippen MR) is 81.1 cm³/mol. The molecule has 1 aliphatic heterocycles. The first kappa shape index (κ1) is 13.2. The molecule has 0 radical (unpaired) electrons. The van der Waals surface area contributed by atoms with Crippen molar-refractivity contribution in [2.24, 2.45) is 0 Å². The predicted octanol–water partition coefficient (Wildman–Crippen LogP) is 1.59. The monoisotopic (exact) mass is 316 g/mol. The van der Waals surface area contributed by atoms with Crippen LogP contribution in [0.15, 0.2) is 18.2 Å². The second-order valence-corrected chi connectivity index (χ2v) is 6.09. The number of amides is 1. The summed E-state index contributed by atoms with van der Waals surface area (Å²) >= 11 is 1.46. The van der Waals surface area contributed by atoms with Crippen LogP contribution < -0.4 is 10.1 Å². The van der Waals surface area contributed by atoms with Crippen LogP contribution in [0.3, 0.4) is 0 Å².